The summed E-state index contributed by atoms with van der Waals surface area (Å²) in [5, 5.41) is 4.04. The van der Waals surface area contributed by atoms with Crippen molar-refractivity contribution >= 4 is 16.8 Å². The second kappa shape index (κ2) is 9.84. The van der Waals surface area contributed by atoms with Crippen LogP contribution < -0.4 is 5.32 Å². The maximum Gasteiger partial charge on any atom is 0.251 e. The molecule has 0 unspecified atom stereocenters. The van der Waals surface area contributed by atoms with E-state index in [9.17, 15) is 4.79 Å². The molecule has 1 amide bonds. The van der Waals surface area contributed by atoms with E-state index in [4.69, 9.17) is 0 Å². The van der Waals surface area contributed by atoms with Gasteiger partial charge in [-0.05, 0) is 60.8 Å². The predicted octanol–water partition coefficient (Wildman–Crippen LogP) is 5.27. The summed E-state index contributed by atoms with van der Waals surface area (Å²) < 4.78 is 2.14. The minimum atomic E-state index is -0.0171. The molecule has 0 radical (unpaired) electrons. The smallest absolute Gasteiger partial charge is 0.251 e. The molecule has 32 heavy (non-hydrogen) atoms. The lowest BCUT2D eigenvalue weighted by molar-refractivity contribution is 0.0956. The van der Waals surface area contributed by atoms with Crippen molar-refractivity contribution in [2.45, 2.75) is 19.9 Å². The predicted molar refractivity (Wildman–Crippen MR) is 133 cm³/mol. The largest absolute Gasteiger partial charge is 0.352 e. The van der Waals surface area contributed by atoms with Gasteiger partial charge in [-0.15, -0.1) is 0 Å². The van der Waals surface area contributed by atoms with Gasteiger partial charge in [0, 0.05) is 49.3 Å². The average molecular weight is 426 g/mol. The Kier molecular flexibility index (Phi) is 6.72. The molecule has 0 bridgehead atoms. The summed E-state index contributed by atoms with van der Waals surface area (Å²) in [4.78, 5) is 14.6. The topological polar surface area (TPSA) is 37.3 Å². The molecule has 0 saturated carbocycles. The van der Waals surface area contributed by atoms with Gasteiger partial charge in [-0.1, -0.05) is 54.6 Å². The number of likely N-dealkylation sites (N-methyl/N-ethyl adjacent to an activating group) is 1. The fourth-order valence-corrected chi connectivity index (χ4v) is 4.19. The van der Waals surface area contributed by atoms with Gasteiger partial charge in [-0.2, -0.15) is 0 Å². The van der Waals surface area contributed by atoms with E-state index in [1.165, 1.54) is 22.3 Å². The normalized spacial score (nSPS) is 11.2. The number of nitrogens with one attached hydrogen (secondary N) is 1. The lowest BCUT2D eigenvalue weighted by atomic mass is 10.0. The van der Waals surface area contributed by atoms with Gasteiger partial charge in [0.1, 0.15) is 0 Å². The number of rotatable bonds is 8. The Balaban J connectivity index is 1.42. The first-order valence-corrected chi connectivity index (χ1v) is 11.2. The molecule has 4 nitrogen and oxygen atoms in total. The van der Waals surface area contributed by atoms with Gasteiger partial charge in [0.05, 0.1) is 0 Å². The van der Waals surface area contributed by atoms with E-state index in [1.54, 1.807) is 0 Å². The van der Waals surface area contributed by atoms with E-state index in [2.05, 4.69) is 83.6 Å². The van der Waals surface area contributed by atoms with Crippen molar-refractivity contribution in [3.8, 4) is 11.1 Å². The lowest BCUT2D eigenvalue weighted by Crippen LogP contribution is -2.22. The molecule has 0 atom stereocenters. The van der Waals surface area contributed by atoms with Gasteiger partial charge in [0.25, 0.3) is 5.91 Å². The van der Waals surface area contributed by atoms with Crippen LogP contribution in [0.1, 0.15) is 28.4 Å². The molecule has 4 rings (SSSR count). The highest BCUT2D eigenvalue weighted by Gasteiger charge is 2.12. The highest BCUT2D eigenvalue weighted by atomic mass is 16.1. The van der Waals surface area contributed by atoms with E-state index in [1.807, 2.05) is 31.2 Å². The van der Waals surface area contributed by atoms with E-state index >= 15 is 0 Å². The first-order chi connectivity index (χ1) is 15.5. The number of fused-ring (bicyclic) bond motifs is 1. The van der Waals surface area contributed by atoms with Crippen molar-refractivity contribution < 1.29 is 4.79 Å². The molecule has 0 fully saturated rings. The third-order valence-electron chi connectivity index (χ3n) is 5.96. The molecule has 164 valence electrons. The molecule has 1 N–H and O–H groups in total. The van der Waals surface area contributed by atoms with Crippen LogP contribution in [0.4, 0.5) is 0 Å². The van der Waals surface area contributed by atoms with Crippen molar-refractivity contribution in [3.63, 3.8) is 0 Å². The molecular formula is C28H31N3O. The summed E-state index contributed by atoms with van der Waals surface area (Å²) >= 11 is 0. The van der Waals surface area contributed by atoms with Crippen molar-refractivity contribution in [1.29, 1.82) is 0 Å². The zero-order valence-corrected chi connectivity index (χ0v) is 19.1. The number of aryl methyl sites for hydroxylation is 1. The van der Waals surface area contributed by atoms with Gasteiger partial charge < -0.3 is 14.8 Å². The van der Waals surface area contributed by atoms with Crippen LogP contribution in [0.2, 0.25) is 0 Å². The number of nitrogens with zero attached hydrogens (tertiary/aromatic N) is 2. The highest BCUT2D eigenvalue weighted by Crippen LogP contribution is 2.24. The Bertz CT molecular complexity index is 1190. The number of amides is 1. The molecule has 1 aromatic heterocycles. The third kappa shape index (κ3) is 4.92. The first-order valence-electron chi connectivity index (χ1n) is 11.2. The molecule has 0 spiro atoms. The molecule has 4 aromatic rings. The fraction of sp³-hybridized carbons (Fsp3) is 0.250. The minimum Gasteiger partial charge on any atom is -0.352 e. The van der Waals surface area contributed by atoms with Crippen molar-refractivity contribution in [2.24, 2.45) is 7.05 Å². The standard InChI is InChI=1S/C28H31N3O/c1-4-29-28(32)24-14-15-27-26(18-24)25(20-31(27)3)19-30(2)17-16-21-10-12-23(13-11-21)22-8-6-5-7-9-22/h5-15,18,20H,4,16-17,19H2,1-3H3,(H,29,32). The van der Waals surface area contributed by atoms with Crippen molar-refractivity contribution in [3.05, 3.63) is 95.7 Å². The highest BCUT2D eigenvalue weighted by molar-refractivity contribution is 5.98. The van der Waals surface area contributed by atoms with Gasteiger partial charge in [-0.3, -0.25) is 4.79 Å². The number of hydrogen-bond acceptors (Lipinski definition) is 2. The minimum absolute atomic E-state index is 0.0171. The maximum atomic E-state index is 12.3. The molecule has 4 heteroatoms. The van der Waals surface area contributed by atoms with E-state index in [-0.39, 0.29) is 5.91 Å². The van der Waals surface area contributed by atoms with Crippen LogP contribution in [-0.2, 0) is 20.0 Å². The SMILES string of the molecule is CCNC(=O)c1ccc2c(c1)c(CN(C)CCc1ccc(-c3ccccc3)cc1)cn2C. The Morgan fingerprint density at radius 3 is 2.41 bits per heavy atom. The second-order valence-electron chi connectivity index (χ2n) is 8.41. The lowest BCUT2D eigenvalue weighted by Gasteiger charge is -2.16. The molecule has 0 aliphatic rings. The molecule has 1 heterocycles. The molecule has 0 aliphatic heterocycles. The molecule has 3 aromatic carbocycles. The van der Waals surface area contributed by atoms with Crippen LogP contribution in [0.5, 0.6) is 0 Å². The van der Waals surface area contributed by atoms with Crippen LogP contribution in [-0.4, -0.2) is 35.5 Å². The van der Waals surface area contributed by atoms with Gasteiger partial charge >= 0.3 is 0 Å². The van der Waals surface area contributed by atoms with E-state index < -0.39 is 0 Å². The van der Waals surface area contributed by atoms with Crippen LogP contribution in [0.3, 0.4) is 0 Å². The number of carbonyl (C=O) groups is 1. The van der Waals surface area contributed by atoms with E-state index in [0.29, 0.717) is 12.1 Å². The molecular weight excluding hydrogens is 394 g/mol. The quantitative estimate of drug-likeness (QED) is 0.418. The number of benzene rings is 3. The monoisotopic (exact) mass is 425 g/mol. The zero-order valence-electron chi connectivity index (χ0n) is 19.1. The summed E-state index contributed by atoms with van der Waals surface area (Å²) in [5.41, 5.74) is 6.95. The number of carbonyl (C=O) groups excluding carboxylic acids is 1. The Morgan fingerprint density at radius 2 is 1.69 bits per heavy atom. The fourth-order valence-electron chi connectivity index (χ4n) is 4.19. The number of aromatic nitrogens is 1. The van der Waals surface area contributed by atoms with Crippen molar-refractivity contribution in [1.82, 2.24) is 14.8 Å². The van der Waals surface area contributed by atoms with Crippen molar-refractivity contribution in [2.75, 3.05) is 20.1 Å². The van der Waals surface area contributed by atoms with Crippen LogP contribution in [0, 0.1) is 0 Å². The summed E-state index contributed by atoms with van der Waals surface area (Å²) in [6.45, 7) is 4.39. The Labute approximate surface area is 190 Å². The maximum absolute atomic E-state index is 12.3. The van der Waals surface area contributed by atoms with Crippen LogP contribution >= 0.6 is 0 Å². The summed E-state index contributed by atoms with van der Waals surface area (Å²) in [6.07, 6.45) is 3.18. The van der Waals surface area contributed by atoms with Gasteiger partial charge in [0.2, 0.25) is 0 Å². The third-order valence-corrected chi connectivity index (χ3v) is 5.96. The van der Waals surface area contributed by atoms with Crippen LogP contribution in [0.15, 0.2) is 79.0 Å². The average Bonchev–Trinajstić information content (AvgIpc) is 3.13. The number of hydrogen-bond donors (Lipinski definition) is 1. The zero-order chi connectivity index (χ0) is 22.5. The van der Waals surface area contributed by atoms with Crippen LogP contribution in [0.25, 0.3) is 22.0 Å². The first kappa shape index (κ1) is 21.8. The van der Waals surface area contributed by atoms with Gasteiger partial charge in [0.15, 0.2) is 0 Å². The second-order valence-corrected chi connectivity index (χ2v) is 8.41. The molecule has 0 aliphatic carbocycles. The van der Waals surface area contributed by atoms with E-state index in [0.717, 1.165) is 30.4 Å². The Morgan fingerprint density at radius 1 is 0.969 bits per heavy atom. The summed E-state index contributed by atoms with van der Waals surface area (Å²) in [6, 6.07) is 25.3. The molecule has 0 saturated heterocycles. The summed E-state index contributed by atoms with van der Waals surface area (Å²) in [7, 11) is 4.22. The van der Waals surface area contributed by atoms with Gasteiger partial charge in [-0.25, -0.2) is 0 Å². The summed E-state index contributed by atoms with van der Waals surface area (Å²) in [5.74, 6) is -0.0171. The Hall–Kier alpha value is -3.37.